The molecule has 0 saturated carbocycles. The lowest BCUT2D eigenvalue weighted by atomic mass is 10.0. The molecule has 128 valence electrons. The third-order valence-electron chi connectivity index (χ3n) is 4.12. The van der Waals surface area contributed by atoms with Gasteiger partial charge in [0.05, 0.1) is 5.69 Å². The molecule has 0 unspecified atom stereocenters. The van der Waals surface area contributed by atoms with Crippen molar-refractivity contribution in [2.24, 2.45) is 0 Å². The Bertz CT molecular complexity index is 824. The molecule has 3 nitrogen and oxygen atoms in total. The van der Waals surface area contributed by atoms with E-state index in [1.165, 1.54) is 10.5 Å². The molecule has 25 heavy (non-hydrogen) atoms. The monoisotopic (exact) mass is 368 g/mol. The second kappa shape index (κ2) is 7.42. The van der Waals surface area contributed by atoms with Gasteiger partial charge in [-0.05, 0) is 65.9 Å². The molecule has 0 bridgehead atoms. The van der Waals surface area contributed by atoms with E-state index >= 15 is 0 Å². The summed E-state index contributed by atoms with van der Waals surface area (Å²) in [4.78, 5) is 15.5. The van der Waals surface area contributed by atoms with Crippen LogP contribution in [0.4, 0.5) is 5.69 Å². The van der Waals surface area contributed by atoms with Gasteiger partial charge < -0.3 is 5.32 Å². The van der Waals surface area contributed by atoms with E-state index in [1.54, 1.807) is 16.7 Å². The van der Waals surface area contributed by atoms with Crippen molar-refractivity contribution >= 4 is 46.8 Å². The third-order valence-corrected chi connectivity index (χ3v) is 5.15. The van der Waals surface area contributed by atoms with E-state index in [1.807, 2.05) is 60.9 Å². The van der Waals surface area contributed by atoms with Gasteiger partial charge in [-0.15, -0.1) is 11.8 Å². The molecule has 0 atom stereocenters. The van der Waals surface area contributed by atoms with Crippen molar-refractivity contribution in [3.8, 4) is 0 Å². The van der Waals surface area contributed by atoms with Gasteiger partial charge in [0, 0.05) is 4.90 Å². The molecule has 5 heteroatoms. The fourth-order valence-electron chi connectivity index (χ4n) is 2.64. The van der Waals surface area contributed by atoms with Gasteiger partial charge in [0.2, 0.25) is 0 Å². The Kier molecular flexibility index (Phi) is 5.25. The van der Waals surface area contributed by atoms with Crippen molar-refractivity contribution in [3.63, 3.8) is 0 Å². The number of thiocarbonyl (C=S) groups is 1. The van der Waals surface area contributed by atoms with Crippen LogP contribution in [0.15, 0.2) is 59.1 Å². The summed E-state index contributed by atoms with van der Waals surface area (Å²) in [6.45, 7) is 4.29. The van der Waals surface area contributed by atoms with Crippen LogP contribution >= 0.6 is 24.0 Å². The molecule has 3 rings (SSSR count). The standard InChI is InChI=1S/C20H20N2OS2/c1-13(2)15-6-8-16(9-7-15)22-19(23)18(21-20(22)24)12-14-4-10-17(25-3)11-5-14/h4-13H,1-3H3,(H,21,24)/b18-12-. The van der Waals surface area contributed by atoms with Crippen molar-refractivity contribution in [1.82, 2.24) is 5.32 Å². The molecule has 0 aromatic heterocycles. The SMILES string of the molecule is CSc1ccc(/C=C2\NC(=S)N(c3ccc(C(C)C)cc3)C2=O)cc1. The van der Waals surface area contributed by atoms with Crippen LogP contribution < -0.4 is 10.2 Å². The van der Waals surface area contributed by atoms with E-state index in [4.69, 9.17) is 12.2 Å². The molecule has 2 aromatic carbocycles. The largest absolute Gasteiger partial charge is 0.327 e. The van der Waals surface area contributed by atoms with Gasteiger partial charge >= 0.3 is 0 Å². The number of nitrogens with zero attached hydrogens (tertiary/aromatic N) is 1. The predicted octanol–water partition coefficient (Wildman–Crippen LogP) is 4.79. The van der Waals surface area contributed by atoms with Gasteiger partial charge in [-0.2, -0.15) is 0 Å². The second-order valence-electron chi connectivity index (χ2n) is 6.15. The van der Waals surface area contributed by atoms with Gasteiger partial charge in [-0.1, -0.05) is 38.1 Å². The third kappa shape index (κ3) is 3.78. The minimum Gasteiger partial charge on any atom is -0.327 e. The fourth-order valence-corrected chi connectivity index (χ4v) is 3.35. The zero-order chi connectivity index (χ0) is 18.0. The first-order chi connectivity index (χ1) is 12.0. The molecule has 0 aliphatic carbocycles. The van der Waals surface area contributed by atoms with E-state index in [-0.39, 0.29) is 5.91 Å². The van der Waals surface area contributed by atoms with Crippen LogP contribution in [-0.2, 0) is 4.79 Å². The summed E-state index contributed by atoms with van der Waals surface area (Å²) < 4.78 is 0. The number of anilines is 1. The lowest BCUT2D eigenvalue weighted by Crippen LogP contribution is -2.30. The number of amides is 1. The van der Waals surface area contributed by atoms with Crippen molar-refractivity contribution < 1.29 is 4.79 Å². The van der Waals surface area contributed by atoms with Crippen LogP contribution in [0, 0.1) is 0 Å². The minimum atomic E-state index is -0.128. The number of rotatable bonds is 4. The van der Waals surface area contributed by atoms with Gasteiger partial charge in [-0.3, -0.25) is 9.69 Å². The topological polar surface area (TPSA) is 32.3 Å². The van der Waals surface area contributed by atoms with Gasteiger partial charge in [-0.25, -0.2) is 0 Å². The zero-order valence-electron chi connectivity index (χ0n) is 14.4. The molecule has 1 saturated heterocycles. The fraction of sp³-hybridized carbons (Fsp3) is 0.200. The normalized spacial score (nSPS) is 16.0. The summed E-state index contributed by atoms with van der Waals surface area (Å²) in [5.41, 5.74) is 3.48. The molecule has 1 aliphatic rings. The van der Waals surface area contributed by atoms with Crippen molar-refractivity contribution in [1.29, 1.82) is 0 Å². The van der Waals surface area contributed by atoms with E-state index < -0.39 is 0 Å². The maximum Gasteiger partial charge on any atom is 0.281 e. The Balaban J connectivity index is 1.85. The highest BCUT2D eigenvalue weighted by Crippen LogP contribution is 2.25. The average molecular weight is 369 g/mol. The Morgan fingerprint density at radius 1 is 1.08 bits per heavy atom. The Labute approximate surface area is 158 Å². The first-order valence-electron chi connectivity index (χ1n) is 8.10. The number of carbonyl (C=O) groups excluding carboxylic acids is 1. The number of thioether (sulfide) groups is 1. The molecular weight excluding hydrogens is 348 g/mol. The highest BCUT2D eigenvalue weighted by Gasteiger charge is 2.31. The molecule has 0 radical (unpaired) electrons. The Morgan fingerprint density at radius 3 is 2.28 bits per heavy atom. The van der Waals surface area contributed by atoms with E-state index in [9.17, 15) is 4.79 Å². The van der Waals surface area contributed by atoms with Crippen LogP contribution in [0.3, 0.4) is 0 Å². The van der Waals surface area contributed by atoms with Crippen LogP contribution in [0.2, 0.25) is 0 Å². The minimum absolute atomic E-state index is 0.128. The van der Waals surface area contributed by atoms with Gasteiger partial charge in [0.1, 0.15) is 5.70 Å². The summed E-state index contributed by atoms with van der Waals surface area (Å²) in [6, 6.07) is 16.0. The second-order valence-corrected chi connectivity index (χ2v) is 7.41. The Morgan fingerprint density at radius 2 is 1.72 bits per heavy atom. The van der Waals surface area contributed by atoms with E-state index in [0.717, 1.165) is 11.3 Å². The van der Waals surface area contributed by atoms with Crippen LogP contribution in [0.1, 0.15) is 30.9 Å². The maximum absolute atomic E-state index is 12.8. The molecule has 1 fully saturated rings. The van der Waals surface area contributed by atoms with Crippen LogP contribution in [0.25, 0.3) is 6.08 Å². The molecule has 1 heterocycles. The number of hydrogen-bond acceptors (Lipinski definition) is 3. The highest BCUT2D eigenvalue weighted by molar-refractivity contribution is 7.98. The molecule has 1 amide bonds. The molecule has 2 aromatic rings. The lowest BCUT2D eigenvalue weighted by molar-refractivity contribution is -0.113. The summed E-state index contributed by atoms with van der Waals surface area (Å²) in [7, 11) is 0. The van der Waals surface area contributed by atoms with Crippen LogP contribution in [-0.4, -0.2) is 17.3 Å². The summed E-state index contributed by atoms with van der Waals surface area (Å²) >= 11 is 7.06. The molecule has 1 N–H and O–H groups in total. The highest BCUT2D eigenvalue weighted by atomic mass is 32.2. The maximum atomic E-state index is 12.8. The van der Waals surface area contributed by atoms with Gasteiger partial charge in [0.25, 0.3) is 5.91 Å². The number of benzene rings is 2. The molecular formula is C20H20N2OS2. The number of hydrogen-bond donors (Lipinski definition) is 1. The first-order valence-corrected chi connectivity index (χ1v) is 9.74. The quantitative estimate of drug-likeness (QED) is 0.478. The summed E-state index contributed by atoms with van der Waals surface area (Å²) in [5, 5.41) is 3.44. The average Bonchev–Trinajstić information content (AvgIpc) is 2.89. The smallest absolute Gasteiger partial charge is 0.281 e. The predicted molar refractivity (Wildman–Crippen MR) is 110 cm³/mol. The first kappa shape index (κ1) is 17.7. The Hall–Kier alpha value is -2.11. The van der Waals surface area contributed by atoms with Crippen LogP contribution in [0.5, 0.6) is 0 Å². The lowest BCUT2D eigenvalue weighted by Gasteiger charge is -2.15. The molecule has 0 spiro atoms. The number of nitrogens with one attached hydrogen (secondary N) is 1. The summed E-state index contributed by atoms with van der Waals surface area (Å²) in [5.74, 6) is 0.323. The van der Waals surface area contributed by atoms with E-state index in [0.29, 0.717) is 16.7 Å². The van der Waals surface area contributed by atoms with Crippen molar-refractivity contribution in [3.05, 3.63) is 65.4 Å². The van der Waals surface area contributed by atoms with E-state index in [2.05, 4.69) is 19.2 Å². The number of carbonyl (C=O) groups is 1. The van der Waals surface area contributed by atoms with Crippen molar-refractivity contribution in [2.75, 3.05) is 11.2 Å². The molecule has 1 aliphatic heterocycles. The van der Waals surface area contributed by atoms with Crippen molar-refractivity contribution in [2.45, 2.75) is 24.7 Å². The summed E-state index contributed by atoms with van der Waals surface area (Å²) in [6.07, 6.45) is 3.87. The van der Waals surface area contributed by atoms with Gasteiger partial charge in [0.15, 0.2) is 5.11 Å². The zero-order valence-corrected chi connectivity index (χ0v) is 16.1.